The van der Waals surface area contributed by atoms with Crippen LogP contribution in [0, 0.1) is 6.42 Å². The van der Waals surface area contributed by atoms with E-state index in [0.29, 0.717) is 18.7 Å². The van der Waals surface area contributed by atoms with Gasteiger partial charge in [-0.2, -0.15) is 0 Å². The van der Waals surface area contributed by atoms with Gasteiger partial charge in [0.1, 0.15) is 0 Å². The number of rotatable bonds is 8. The zero-order valence-electron chi connectivity index (χ0n) is 18.0. The molecule has 7 nitrogen and oxygen atoms in total. The monoisotopic (exact) mass is 425 g/mol. The molecule has 1 aliphatic carbocycles. The lowest BCUT2D eigenvalue weighted by molar-refractivity contribution is 0.0957. The van der Waals surface area contributed by atoms with Crippen LogP contribution in [-0.2, 0) is 13.1 Å². The third-order valence-corrected chi connectivity index (χ3v) is 5.22. The Hall–Kier alpha value is -4.13. The Morgan fingerprint density at radius 1 is 1.16 bits per heavy atom. The van der Waals surface area contributed by atoms with Crippen molar-refractivity contribution in [1.29, 1.82) is 0 Å². The Kier molecular flexibility index (Phi) is 6.46. The highest BCUT2D eigenvalue weighted by atomic mass is 16.1. The molecule has 1 aromatic carbocycles. The SMILES string of the molecule is C=C1C=C[CH+]C=C1CNC(=O)c1cccc(NCc2nnc(-c3ccncc3)n2CC)c1. The first kappa shape index (κ1) is 21.1. The molecule has 4 rings (SSSR count). The molecule has 2 N–H and O–H groups in total. The van der Waals surface area contributed by atoms with Crippen LogP contribution in [0.4, 0.5) is 5.69 Å². The first-order valence-electron chi connectivity index (χ1n) is 10.5. The molecular formula is C25H25N6O+. The van der Waals surface area contributed by atoms with E-state index in [4.69, 9.17) is 0 Å². The lowest BCUT2D eigenvalue weighted by Gasteiger charge is -2.11. The number of aromatic nitrogens is 4. The zero-order valence-corrected chi connectivity index (χ0v) is 18.0. The van der Waals surface area contributed by atoms with Crippen molar-refractivity contribution in [2.75, 3.05) is 11.9 Å². The van der Waals surface area contributed by atoms with Crippen molar-refractivity contribution in [3.05, 3.63) is 103 Å². The molecule has 0 atom stereocenters. The Labute approximate surface area is 187 Å². The fourth-order valence-corrected chi connectivity index (χ4v) is 3.47. The largest absolute Gasteiger partial charge is 0.378 e. The van der Waals surface area contributed by atoms with E-state index in [2.05, 4.69) is 43.9 Å². The van der Waals surface area contributed by atoms with E-state index < -0.39 is 0 Å². The van der Waals surface area contributed by atoms with Gasteiger partial charge < -0.3 is 15.2 Å². The Morgan fingerprint density at radius 2 is 2.00 bits per heavy atom. The number of carbonyl (C=O) groups excluding carboxylic acids is 1. The molecule has 0 radical (unpaired) electrons. The summed E-state index contributed by atoms with van der Waals surface area (Å²) in [5, 5.41) is 15.0. The standard InChI is InChI=1S/C25H24N6O/c1-3-31-23(29-30-24(31)19-11-13-26-14-12-19)17-27-22-10-6-9-20(15-22)25(32)28-16-21-8-5-4-7-18(21)2/h4-15,27H,2-3,16-17H2,1H3/p+1. The number of carbonyl (C=O) groups is 1. The summed E-state index contributed by atoms with van der Waals surface area (Å²) in [4.78, 5) is 16.7. The van der Waals surface area contributed by atoms with Gasteiger partial charge in [0.2, 0.25) is 0 Å². The lowest BCUT2D eigenvalue weighted by atomic mass is 10.0. The highest BCUT2D eigenvalue weighted by Crippen LogP contribution is 2.19. The van der Waals surface area contributed by atoms with Gasteiger partial charge in [0.05, 0.1) is 30.3 Å². The third-order valence-electron chi connectivity index (χ3n) is 5.22. The molecule has 0 spiro atoms. The predicted octanol–water partition coefficient (Wildman–Crippen LogP) is 3.96. The quantitative estimate of drug-likeness (QED) is 0.534. The number of anilines is 1. The minimum absolute atomic E-state index is 0.131. The summed E-state index contributed by atoms with van der Waals surface area (Å²) >= 11 is 0. The maximum Gasteiger partial charge on any atom is 0.252 e. The van der Waals surface area contributed by atoms with Gasteiger partial charge in [0.25, 0.3) is 5.91 Å². The first-order valence-corrected chi connectivity index (χ1v) is 10.5. The van der Waals surface area contributed by atoms with E-state index in [1.807, 2.05) is 55.0 Å². The number of nitrogens with zero attached hydrogens (tertiary/aromatic N) is 4. The highest BCUT2D eigenvalue weighted by molar-refractivity contribution is 5.95. The second-order valence-corrected chi connectivity index (χ2v) is 7.31. The second-order valence-electron chi connectivity index (χ2n) is 7.31. The summed E-state index contributed by atoms with van der Waals surface area (Å²) in [6.07, 6.45) is 11.3. The lowest BCUT2D eigenvalue weighted by Crippen LogP contribution is -2.26. The van der Waals surface area contributed by atoms with Crippen LogP contribution in [0.3, 0.4) is 0 Å². The minimum atomic E-state index is -0.131. The average Bonchev–Trinajstić information content (AvgIpc) is 3.26. The molecule has 1 aliphatic rings. The number of amides is 1. The summed E-state index contributed by atoms with van der Waals surface area (Å²) in [6.45, 7) is 7.74. The number of hydrogen-bond acceptors (Lipinski definition) is 5. The molecule has 0 saturated heterocycles. The van der Waals surface area contributed by atoms with Gasteiger partial charge in [-0.05, 0) is 37.3 Å². The van der Waals surface area contributed by atoms with Crippen molar-refractivity contribution in [2.24, 2.45) is 0 Å². The van der Waals surface area contributed by atoms with Crippen molar-refractivity contribution in [3.8, 4) is 11.4 Å². The molecule has 2 aromatic heterocycles. The molecule has 32 heavy (non-hydrogen) atoms. The molecule has 0 bridgehead atoms. The van der Waals surface area contributed by atoms with E-state index in [9.17, 15) is 4.79 Å². The molecule has 0 saturated carbocycles. The van der Waals surface area contributed by atoms with Crippen molar-refractivity contribution < 1.29 is 4.79 Å². The fourth-order valence-electron chi connectivity index (χ4n) is 3.47. The molecule has 160 valence electrons. The van der Waals surface area contributed by atoms with Gasteiger partial charge >= 0.3 is 0 Å². The van der Waals surface area contributed by atoms with E-state index in [1.165, 1.54) is 0 Å². The third kappa shape index (κ3) is 4.78. The number of nitrogens with one attached hydrogen (secondary N) is 2. The summed E-state index contributed by atoms with van der Waals surface area (Å²) in [6, 6.07) is 11.3. The van der Waals surface area contributed by atoms with Crippen LogP contribution in [0.5, 0.6) is 0 Å². The van der Waals surface area contributed by atoms with Gasteiger partial charge in [-0.1, -0.05) is 12.6 Å². The molecule has 0 unspecified atom stereocenters. The smallest absolute Gasteiger partial charge is 0.252 e. The van der Waals surface area contributed by atoms with E-state index in [1.54, 1.807) is 18.5 Å². The normalized spacial score (nSPS) is 12.8. The van der Waals surface area contributed by atoms with Crippen LogP contribution >= 0.6 is 0 Å². The van der Waals surface area contributed by atoms with Crippen LogP contribution in [0.1, 0.15) is 23.1 Å². The molecule has 0 aliphatic heterocycles. The molecular weight excluding hydrogens is 400 g/mol. The zero-order chi connectivity index (χ0) is 22.3. The second kappa shape index (κ2) is 9.78. The highest BCUT2D eigenvalue weighted by Gasteiger charge is 2.15. The fraction of sp³-hybridized carbons (Fsp3) is 0.160. The van der Waals surface area contributed by atoms with Gasteiger partial charge in [-0.25, -0.2) is 0 Å². The van der Waals surface area contributed by atoms with Crippen LogP contribution in [0.25, 0.3) is 11.4 Å². The van der Waals surface area contributed by atoms with Crippen LogP contribution in [0.2, 0.25) is 0 Å². The summed E-state index contributed by atoms with van der Waals surface area (Å²) in [5.74, 6) is 1.50. The minimum Gasteiger partial charge on any atom is -0.378 e. The summed E-state index contributed by atoms with van der Waals surface area (Å²) in [5.41, 5.74) is 4.31. The van der Waals surface area contributed by atoms with Crippen molar-refractivity contribution in [3.63, 3.8) is 0 Å². The maximum absolute atomic E-state index is 12.6. The van der Waals surface area contributed by atoms with Crippen molar-refractivity contribution in [2.45, 2.75) is 20.0 Å². The van der Waals surface area contributed by atoms with E-state index in [0.717, 1.165) is 40.6 Å². The number of hydrogen-bond donors (Lipinski definition) is 2. The van der Waals surface area contributed by atoms with Gasteiger partial charge in [-0.3, -0.25) is 9.78 Å². The van der Waals surface area contributed by atoms with Crippen molar-refractivity contribution in [1.82, 2.24) is 25.1 Å². The summed E-state index contributed by atoms with van der Waals surface area (Å²) in [7, 11) is 0. The van der Waals surface area contributed by atoms with E-state index in [-0.39, 0.29) is 5.91 Å². The van der Waals surface area contributed by atoms with E-state index >= 15 is 0 Å². The van der Waals surface area contributed by atoms with Gasteiger partial charge in [-0.15, -0.1) is 10.2 Å². The molecule has 0 fully saturated rings. The Morgan fingerprint density at radius 3 is 2.78 bits per heavy atom. The molecule has 1 amide bonds. The topological polar surface area (TPSA) is 84.7 Å². The maximum atomic E-state index is 12.6. The van der Waals surface area contributed by atoms with Crippen LogP contribution in [0.15, 0.2) is 84.7 Å². The van der Waals surface area contributed by atoms with Crippen molar-refractivity contribution >= 4 is 11.6 Å². The van der Waals surface area contributed by atoms with Crippen LogP contribution in [-0.4, -0.2) is 32.2 Å². The molecule has 2 heterocycles. The predicted molar refractivity (Wildman–Crippen MR) is 126 cm³/mol. The van der Waals surface area contributed by atoms with Gasteiger partial charge in [0, 0.05) is 54.3 Å². The number of pyridine rings is 1. The first-order chi connectivity index (χ1) is 15.7. The molecule has 3 aromatic rings. The Bertz CT molecular complexity index is 1180. The number of allylic oxidation sites excluding steroid dienone is 3. The van der Waals surface area contributed by atoms with Gasteiger partial charge in [0.15, 0.2) is 11.6 Å². The summed E-state index contributed by atoms with van der Waals surface area (Å²) < 4.78 is 2.06. The average molecular weight is 426 g/mol. The Balaban J connectivity index is 1.40. The molecule has 7 heteroatoms. The number of benzene rings is 1. The van der Waals surface area contributed by atoms with Crippen LogP contribution < -0.4 is 10.6 Å².